The fraction of sp³-hybridized carbons (Fsp3) is 0.435. The molecule has 1 aromatic heterocycles. The molecule has 2 aliphatic heterocycles. The van der Waals surface area contributed by atoms with Gasteiger partial charge in [0.1, 0.15) is 11.6 Å². The molecule has 0 spiro atoms. The number of benzene rings is 1. The molecule has 1 atom stereocenters. The van der Waals surface area contributed by atoms with Gasteiger partial charge in [0, 0.05) is 45.0 Å². The molecule has 1 aromatic carbocycles. The normalized spacial score (nSPS) is 17.8. The second-order valence-electron chi connectivity index (χ2n) is 8.23. The summed E-state index contributed by atoms with van der Waals surface area (Å²) in [5.41, 5.74) is 1.10. The van der Waals surface area contributed by atoms with Crippen molar-refractivity contribution in [3.05, 3.63) is 48.4 Å². The van der Waals surface area contributed by atoms with E-state index in [1.54, 1.807) is 23.2 Å². The van der Waals surface area contributed by atoms with Crippen molar-refractivity contribution in [2.24, 2.45) is 0 Å². The van der Waals surface area contributed by atoms with Crippen molar-refractivity contribution in [2.75, 3.05) is 54.8 Å². The maximum Gasteiger partial charge on any atom is 0.321 e. The highest BCUT2D eigenvalue weighted by atomic mass is 19.1. The molecule has 4 rings (SSSR count). The van der Waals surface area contributed by atoms with Crippen LogP contribution >= 0.6 is 0 Å². The molecule has 3 amide bonds. The van der Waals surface area contributed by atoms with Crippen LogP contribution in [-0.4, -0.2) is 72.0 Å². The molecule has 32 heavy (non-hydrogen) atoms. The number of nitrogens with one attached hydrogen (secondary N) is 2. The van der Waals surface area contributed by atoms with Crippen molar-refractivity contribution in [1.82, 2.24) is 14.8 Å². The second kappa shape index (κ2) is 9.95. The van der Waals surface area contributed by atoms with Crippen LogP contribution in [0, 0.1) is 5.82 Å². The van der Waals surface area contributed by atoms with E-state index in [2.05, 4.69) is 20.5 Å². The number of anilines is 3. The molecule has 2 saturated heterocycles. The van der Waals surface area contributed by atoms with Crippen molar-refractivity contribution >= 4 is 29.1 Å². The van der Waals surface area contributed by atoms with Crippen LogP contribution in [0.5, 0.6) is 0 Å². The van der Waals surface area contributed by atoms with Gasteiger partial charge in [0.25, 0.3) is 0 Å². The summed E-state index contributed by atoms with van der Waals surface area (Å²) in [6, 6.07) is 9.11. The lowest BCUT2D eigenvalue weighted by Crippen LogP contribution is -2.54. The van der Waals surface area contributed by atoms with Gasteiger partial charge in [-0.15, -0.1) is 0 Å². The molecule has 0 radical (unpaired) electrons. The topological polar surface area (TPSA) is 80.8 Å². The van der Waals surface area contributed by atoms with Gasteiger partial charge in [-0.1, -0.05) is 6.07 Å². The minimum absolute atomic E-state index is 0.169. The lowest BCUT2D eigenvalue weighted by atomic mass is 10.2. The van der Waals surface area contributed by atoms with Gasteiger partial charge in [-0.25, -0.2) is 14.2 Å². The van der Waals surface area contributed by atoms with Gasteiger partial charge in [0.15, 0.2) is 0 Å². The summed E-state index contributed by atoms with van der Waals surface area (Å²) in [4.78, 5) is 35.6. The number of carbonyl (C=O) groups is 2. The third kappa shape index (κ3) is 5.34. The Morgan fingerprint density at radius 2 is 1.72 bits per heavy atom. The molecule has 3 heterocycles. The van der Waals surface area contributed by atoms with E-state index in [0.717, 1.165) is 18.9 Å². The van der Waals surface area contributed by atoms with Crippen LogP contribution in [0.15, 0.2) is 42.6 Å². The molecular weight excluding hydrogens is 411 g/mol. The Labute approximate surface area is 187 Å². The van der Waals surface area contributed by atoms with Crippen LogP contribution in [0.3, 0.4) is 0 Å². The van der Waals surface area contributed by atoms with Gasteiger partial charge in [-0.3, -0.25) is 9.69 Å². The lowest BCUT2D eigenvalue weighted by molar-refractivity contribution is -0.121. The highest BCUT2D eigenvalue weighted by Crippen LogP contribution is 2.19. The monoisotopic (exact) mass is 440 g/mol. The number of halogens is 1. The third-order valence-electron chi connectivity index (χ3n) is 6.05. The molecule has 170 valence electrons. The Hall–Kier alpha value is -3.20. The number of rotatable bonds is 5. The molecular formula is C23H29FN6O2. The first-order valence-electron chi connectivity index (χ1n) is 11.1. The zero-order valence-corrected chi connectivity index (χ0v) is 18.3. The van der Waals surface area contributed by atoms with Crippen LogP contribution in [0.25, 0.3) is 0 Å². The van der Waals surface area contributed by atoms with Gasteiger partial charge < -0.3 is 20.4 Å². The zero-order chi connectivity index (χ0) is 22.5. The minimum Gasteiger partial charge on any atom is -0.357 e. The highest BCUT2D eigenvalue weighted by molar-refractivity contribution is 5.94. The predicted octanol–water partition coefficient (Wildman–Crippen LogP) is 3.00. The van der Waals surface area contributed by atoms with E-state index in [9.17, 15) is 14.0 Å². The van der Waals surface area contributed by atoms with Crippen molar-refractivity contribution in [1.29, 1.82) is 0 Å². The largest absolute Gasteiger partial charge is 0.357 e. The van der Waals surface area contributed by atoms with Crippen LogP contribution in [0.4, 0.5) is 26.4 Å². The number of pyridine rings is 1. The molecule has 0 unspecified atom stereocenters. The van der Waals surface area contributed by atoms with Gasteiger partial charge >= 0.3 is 6.03 Å². The number of amides is 3. The quantitative estimate of drug-likeness (QED) is 0.747. The average molecular weight is 441 g/mol. The summed E-state index contributed by atoms with van der Waals surface area (Å²) < 4.78 is 13.3. The summed E-state index contributed by atoms with van der Waals surface area (Å²) >= 11 is 0. The molecule has 0 aliphatic carbocycles. The Morgan fingerprint density at radius 1 is 0.969 bits per heavy atom. The number of urea groups is 1. The average Bonchev–Trinajstić information content (AvgIpc) is 3.34. The first kappa shape index (κ1) is 22.0. The summed E-state index contributed by atoms with van der Waals surface area (Å²) in [7, 11) is 0. The fourth-order valence-electron chi connectivity index (χ4n) is 4.09. The predicted molar refractivity (Wildman–Crippen MR) is 122 cm³/mol. The standard InChI is InChI=1S/C23H29FN6O2/c1-17(22(31)26-19-6-4-5-18(24)15-19)28-11-13-30(14-12-28)23(32)27-20-7-8-21(25-16-20)29-9-2-3-10-29/h4-8,15-17H,2-3,9-14H2,1H3,(H,26,31)(H,27,32)/t17-/m1/s1. The molecule has 2 aliphatic rings. The maximum absolute atomic E-state index is 13.3. The molecule has 0 bridgehead atoms. The molecule has 8 nitrogen and oxygen atoms in total. The number of nitrogens with zero attached hydrogens (tertiary/aromatic N) is 4. The molecule has 9 heteroatoms. The summed E-state index contributed by atoms with van der Waals surface area (Å²) in [5.74, 6) is 0.355. The number of hydrogen-bond donors (Lipinski definition) is 2. The van der Waals surface area contributed by atoms with E-state index in [4.69, 9.17) is 0 Å². The first-order valence-corrected chi connectivity index (χ1v) is 11.1. The van der Waals surface area contributed by atoms with E-state index in [-0.39, 0.29) is 18.0 Å². The smallest absolute Gasteiger partial charge is 0.321 e. The Balaban J connectivity index is 1.24. The van der Waals surface area contributed by atoms with Crippen LogP contribution in [-0.2, 0) is 4.79 Å². The number of aromatic nitrogens is 1. The van der Waals surface area contributed by atoms with Gasteiger partial charge in [0.2, 0.25) is 5.91 Å². The SMILES string of the molecule is C[C@H](C(=O)Nc1cccc(F)c1)N1CCN(C(=O)Nc2ccc(N3CCCC3)nc2)CC1. The number of piperazine rings is 1. The number of hydrogen-bond acceptors (Lipinski definition) is 5. The van der Waals surface area contributed by atoms with Crippen molar-refractivity contribution in [2.45, 2.75) is 25.8 Å². The lowest BCUT2D eigenvalue weighted by Gasteiger charge is -2.37. The summed E-state index contributed by atoms with van der Waals surface area (Å²) in [6.45, 7) is 6.07. The fourth-order valence-corrected chi connectivity index (χ4v) is 4.09. The van der Waals surface area contributed by atoms with E-state index < -0.39 is 5.82 Å². The Kier molecular flexibility index (Phi) is 6.84. The highest BCUT2D eigenvalue weighted by Gasteiger charge is 2.27. The Bertz CT molecular complexity index is 940. The van der Waals surface area contributed by atoms with E-state index in [1.807, 2.05) is 24.0 Å². The first-order chi connectivity index (χ1) is 15.5. The van der Waals surface area contributed by atoms with Crippen LogP contribution in [0.1, 0.15) is 19.8 Å². The van der Waals surface area contributed by atoms with E-state index in [1.165, 1.54) is 25.0 Å². The number of carbonyl (C=O) groups excluding carboxylic acids is 2. The molecule has 2 aromatic rings. The second-order valence-corrected chi connectivity index (χ2v) is 8.23. The van der Waals surface area contributed by atoms with Crippen molar-refractivity contribution in [3.8, 4) is 0 Å². The molecule has 2 N–H and O–H groups in total. The van der Waals surface area contributed by atoms with E-state index in [0.29, 0.717) is 37.6 Å². The summed E-state index contributed by atoms with van der Waals surface area (Å²) in [5, 5.41) is 5.65. The molecule has 2 fully saturated rings. The summed E-state index contributed by atoms with van der Waals surface area (Å²) in [6.07, 6.45) is 4.08. The van der Waals surface area contributed by atoms with Crippen LogP contribution in [0.2, 0.25) is 0 Å². The van der Waals surface area contributed by atoms with Crippen molar-refractivity contribution < 1.29 is 14.0 Å². The van der Waals surface area contributed by atoms with Gasteiger partial charge in [-0.05, 0) is 50.1 Å². The van der Waals surface area contributed by atoms with Crippen LogP contribution < -0.4 is 15.5 Å². The van der Waals surface area contributed by atoms with Gasteiger partial charge in [0.05, 0.1) is 17.9 Å². The van der Waals surface area contributed by atoms with Gasteiger partial charge in [-0.2, -0.15) is 0 Å². The maximum atomic E-state index is 13.3. The Morgan fingerprint density at radius 3 is 2.38 bits per heavy atom. The third-order valence-corrected chi connectivity index (χ3v) is 6.05. The van der Waals surface area contributed by atoms with E-state index >= 15 is 0 Å². The molecule has 0 saturated carbocycles. The zero-order valence-electron chi connectivity index (χ0n) is 18.3. The van der Waals surface area contributed by atoms with Crippen molar-refractivity contribution in [3.63, 3.8) is 0 Å². The minimum atomic E-state index is -0.393.